The molecule has 2 aromatic heterocycles. The number of aromatic hydroxyl groups is 1. The molecule has 1 saturated heterocycles. The number of carbonyl (C=O) groups excluding carboxylic acids is 7. The smallest absolute Gasteiger partial charge is 0.246 e. The molecule has 0 aromatic carbocycles. The molecule has 0 unspecified atom stereocenters. The van der Waals surface area contributed by atoms with E-state index in [2.05, 4.69) is 36.6 Å². The second-order valence-electron chi connectivity index (χ2n) is 12.8. The lowest BCUT2D eigenvalue weighted by Gasteiger charge is -2.31. The molecule has 3 rings (SSSR count). The van der Waals surface area contributed by atoms with Gasteiger partial charge in [-0.05, 0) is 50.8 Å². The Bertz CT molecular complexity index is 1670. The Morgan fingerprint density at radius 3 is 2.28 bits per heavy atom. The van der Waals surface area contributed by atoms with Crippen LogP contribution >= 0.6 is 0 Å². The maximum absolute atomic E-state index is 14.0. The molecule has 2 aromatic rings. The number of hydrogen-bond donors (Lipinski definition) is 9. The number of likely N-dealkylation sites (tertiary alicyclic amines) is 1. The fourth-order valence-corrected chi connectivity index (χ4v) is 5.83. The van der Waals surface area contributed by atoms with Crippen molar-refractivity contribution in [2.45, 2.75) is 96.2 Å². The summed E-state index contributed by atoms with van der Waals surface area (Å²) in [4.78, 5) is 99.7. The number of nitrogens with zero attached hydrogens (tertiary/aromatic N) is 3. The summed E-state index contributed by atoms with van der Waals surface area (Å²) in [6.07, 6.45) is 3.64. The van der Waals surface area contributed by atoms with Gasteiger partial charge in [-0.15, -0.1) is 0 Å². The van der Waals surface area contributed by atoms with Gasteiger partial charge in [0.1, 0.15) is 36.0 Å². The van der Waals surface area contributed by atoms with Crippen LogP contribution in [-0.4, -0.2) is 116 Å². The molecule has 53 heavy (non-hydrogen) atoms. The SMILES string of the molecule is CC(=O)N[C@H](C(=O)N[C@@H](Cc1cccnc1)C(=O)N1CCC[C@H]1C(=O)N[C@H](C)C(=O)N[C@@H](Cc1cnc(C)c(O)c1CN)C(=O)NCC(N)=O)[C@@H](C)O. The highest BCUT2D eigenvalue weighted by Crippen LogP contribution is 2.24. The average molecular weight is 741 g/mol. The first-order valence-electron chi connectivity index (χ1n) is 17.0. The first-order valence-corrected chi connectivity index (χ1v) is 17.0. The minimum absolute atomic E-state index is 0.0198. The molecule has 1 aliphatic heterocycles. The topological polar surface area (TPSA) is 301 Å². The Morgan fingerprint density at radius 2 is 1.68 bits per heavy atom. The van der Waals surface area contributed by atoms with Gasteiger partial charge in [-0.25, -0.2) is 0 Å². The van der Waals surface area contributed by atoms with E-state index in [9.17, 15) is 43.8 Å². The second kappa shape index (κ2) is 19.2. The van der Waals surface area contributed by atoms with Crippen LogP contribution in [0.25, 0.3) is 0 Å². The Kier molecular flexibility index (Phi) is 15.1. The number of hydrogen-bond acceptors (Lipinski definition) is 12. The zero-order valence-corrected chi connectivity index (χ0v) is 30.0. The molecule has 19 nitrogen and oxygen atoms in total. The van der Waals surface area contributed by atoms with Crippen LogP contribution in [0.5, 0.6) is 5.75 Å². The highest BCUT2D eigenvalue weighted by atomic mass is 16.3. The van der Waals surface area contributed by atoms with E-state index in [1.54, 1.807) is 19.1 Å². The molecule has 0 aliphatic carbocycles. The predicted octanol–water partition coefficient (Wildman–Crippen LogP) is -3.31. The average Bonchev–Trinajstić information content (AvgIpc) is 3.61. The maximum Gasteiger partial charge on any atom is 0.246 e. The van der Waals surface area contributed by atoms with E-state index in [1.165, 1.54) is 44.3 Å². The number of aliphatic hydroxyl groups is 1. The number of pyridine rings is 2. The molecule has 0 saturated carbocycles. The third-order valence-corrected chi connectivity index (χ3v) is 8.62. The van der Waals surface area contributed by atoms with Crippen LogP contribution in [0.2, 0.25) is 0 Å². The van der Waals surface area contributed by atoms with E-state index >= 15 is 0 Å². The van der Waals surface area contributed by atoms with Gasteiger partial charge in [-0.2, -0.15) is 0 Å². The van der Waals surface area contributed by atoms with Crippen LogP contribution in [0.4, 0.5) is 0 Å². The lowest BCUT2D eigenvalue weighted by molar-refractivity contribution is -0.142. The van der Waals surface area contributed by atoms with E-state index in [0.29, 0.717) is 28.8 Å². The van der Waals surface area contributed by atoms with E-state index in [1.807, 2.05) is 0 Å². The van der Waals surface area contributed by atoms with Gasteiger partial charge in [0.2, 0.25) is 41.4 Å². The molecule has 1 aliphatic rings. The number of nitrogens with two attached hydrogens (primary N) is 2. The third-order valence-electron chi connectivity index (χ3n) is 8.62. The zero-order chi connectivity index (χ0) is 39.4. The quantitative estimate of drug-likeness (QED) is 0.0770. The number of rotatable bonds is 17. The zero-order valence-electron chi connectivity index (χ0n) is 30.0. The van der Waals surface area contributed by atoms with Crippen LogP contribution in [-0.2, 0) is 52.9 Å². The summed E-state index contributed by atoms with van der Waals surface area (Å²) in [5, 5.41) is 33.1. The van der Waals surface area contributed by atoms with Crippen LogP contribution in [0.1, 0.15) is 56.0 Å². The van der Waals surface area contributed by atoms with Gasteiger partial charge in [-0.3, -0.25) is 43.5 Å². The van der Waals surface area contributed by atoms with Gasteiger partial charge in [0, 0.05) is 57.0 Å². The molecule has 11 N–H and O–H groups in total. The van der Waals surface area contributed by atoms with Crippen molar-refractivity contribution in [3.63, 3.8) is 0 Å². The van der Waals surface area contributed by atoms with E-state index < -0.39 is 84.2 Å². The first-order chi connectivity index (χ1) is 25.0. The minimum Gasteiger partial charge on any atom is -0.506 e. The van der Waals surface area contributed by atoms with Crippen LogP contribution < -0.4 is 38.1 Å². The fraction of sp³-hybridized carbons (Fsp3) is 0.500. The number of carbonyl (C=O) groups is 7. The van der Waals surface area contributed by atoms with Crippen molar-refractivity contribution in [2.75, 3.05) is 13.1 Å². The van der Waals surface area contributed by atoms with Crippen molar-refractivity contribution in [3.8, 4) is 5.75 Å². The normalized spacial score (nSPS) is 16.6. The molecule has 0 spiro atoms. The molecule has 7 amide bonds. The summed E-state index contributed by atoms with van der Waals surface area (Å²) in [6, 6.07) is -2.78. The maximum atomic E-state index is 14.0. The Morgan fingerprint density at radius 1 is 0.981 bits per heavy atom. The van der Waals surface area contributed by atoms with Gasteiger partial charge in [0.05, 0.1) is 18.3 Å². The lowest BCUT2D eigenvalue weighted by atomic mass is 9.99. The van der Waals surface area contributed by atoms with Gasteiger partial charge >= 0.3 is 0 Å². The van der Waals surface area contributed by atoms with E-state index in [4.69, 9.17) is 11.5 Å². The number of aryl methyl sites for hydroxylation is 1. The number of primary amides is 1. The number of amides is 7. The first kappa shape index (κ1) is 41.7. The van der Waals surface area contributed by atoms with Crippen LogP contribution in [0.3, 0.4) is 0 Å². The molecule has 0 radical (unpaired) electrons. The van der Waals surface area contributed by atoms with Crippen molar-refractivity contribution in [1.82, 2.24) is 41.5 Å². The Balaban J connectivity index is 1.78. The van der Waals surface area contributed by atoms with Crippen LogP contribution in [0, 0.1) is 6.92 Å². The van der Waals surface area contributed by atoms with Gasteiger partial charge < -0.3 is 53.2 Å². The summed E-state index contributed by atoms with van der Waals surface area (Å²) >= 11 is 0. The van der Waals surface area contributed by atoms with Crippen molar-refractivity contribution >= 4 is 41.4 Å². The molecule has 1 fully saturated rings. The van der Waals surface area contributed by atoms with Crippen molar-refractivity contribution in [2.24, 2.45) is 11.5 Å². The highest BCUT2D eigenvalue weighted by Gasteiger charge is 2.40. The van der Waals surface area contributed by atoms with E-state index in [0.717, 1.165) is 0 Å². The molecule has 0 bridgehead atoms. The summed E-state index contributed by atoms with van der Waals surface area (Å²) in [7, 11) is 0. The molecular formula is C34H48N10O9. The highest BCUT2D eigenvalue weighted by molar-refractivity contribution is 5.97. The summed E-state index contributed by atoms with van der Waals surface area (Å²) in [5.41, 5.74) is 12.6. The predicted molar refractivity (Wildman–Crippen MR) is 188 cm³/mol. The number of aliphatic hydroxyl groups excluding tert-OH is 1. The van der Waals surface area contributed by atoms with Gasteiger partial charge in [-0.1, -0.05) is 6.07 Å². The molecule has 6 atom stereocenters. The largest absolute Gasteiger partial charge is 0.506 e. The third kappa shape index (κ3) is 11.7. The molecule has 3 heterocycles. The Hall–Kier alpha value is -5.69. The second-order valence-corrected chi connectivity index (χ2v) is 12.8. The summed E-state index contributed by atoms with van der Waals surface area (Å²) < 4.78 is 0. The number of nitrogens with one attached hydrogen (secondary N) is 5. The van der Waals surface area contributed by atoms with Gasteiger partial charge in [0.15, 0.2) is 0 Å². The Labute approximate surface area is 306 Å². The molecule has 288 valence electrons. The van der Waals surface area contributed by atoms with Gasteiger partial charge in [0.25, 0.3) is 0 Å². The molecule has 19 heteroatoms. The van der Waals surface area contributed by atoms with Crippen molar-refractivity contribution < 1.29 is 43.8 Å². The lowest BCUT2D eigenvalue weighted by Crippen LogP contribution is -2.60. The number of aromatic nitrogens is 2. The fourth-order valence-electron chi connectivity index (χ4n) is 5.83. The minimum atomic E-state index is -1.36. The van der Waals surface area contributed by atoms with Crippen molar-refractivity contribution in [3.05, 3.63) is 53.1 Å². The van der Waals surface area contributed by atoms with Crippen LogP contribution in [0.15, 0.2) is 30.7 Å². The summed E-state index contributed by atoms with van der Waals surface area (Å²) in [6.45, 7) is 4.98. The molecular weight excluding hydrogens is 692 g/mol. The van der Waals surface area contributed by atoms with Crippen molar-refractivity contribution in [1.29, 1.82) is 0 Å². The summed E-state index contributed by atoms with van der Waals surface area (Å²) in [5.74, 6) is -5.21. The standard InChI is InChI=1S/C34H48N10O9/c1-17-29(48)23(13-35)22(15-38-17)12-24(31(50)39-16-27(36)47)42-30(49)18(2)40-32(51)26-8-6-10-44(26)34(53)25(11-21-7-5-9-37-14-21)43-33(52)28(19(3)45)41-20(4)46/h5,7,9,14-15,18-19,24-26,28,45,48H,6,8,10-13,16,35H2,1-4H3,(H2,36,47)(H,39,50)(H,40,51)(H,41,46)(H,42,49)(H,43,52)/t18-,19-,24+,25+,26+,28+/m1/s1. The monoisotopic (exact) mass is 740 g/mol. The van der Waals surface area contributed by atoms with E-state index in [-0.39, 0.29) is 38.1 Å².